The molecule has 1 aromatic heterocycles. The molecule has 0 unspecified atom stereocenters. The van der Waals surface area contributed by atoms with E-state index in [4.69, 9.17) is 9.15 Å². The second-order valence-electron chi connectivity index (χ2n) is 6.01. The first-order chi connectivity index (χ1) is 12.6. The monoisotopic (exact) mass is 409 g/mol. The van der Waals surface area contributed by atoms with Crippen LogP contribution >= 0.6 is 15.9 Å². The lowest BCUT2D eigenvalue weighted by Crippen LogP contribution is -2.30. The summed E-state index contributed by atoms with van der Waals surface area (Å²) < 4.78 is 12.6. The molecule has 4 aromatic rings. The van der Waals surface area contributed by atoms with Crippen LogP contribution in [0.3, 0.4) is 0 Å². The van der Waals surface area contributed by atoms with E-state index in [-0.39, 0.29) is 5.91 Å². The summed E-state index contributed by atoms with van der Waals surface area (Å²) in [6, 6.07) is 20.9. The summed E-state index contributed by atoms with van der Waals surface area (Å²) in [5.74, 6) is 0.423. The molecule has 4 rings (SSSR count). The van der Waals surface area contributed by atoms with Gasteiger partial charge in [-0.3, -0.25) is 4.79 Å². The molecule has 130 valence electrons. The molecular formula is C21H16BrNO3. The molecule has 0 saturated carbocycles. The number of para-hydroxylation sites is 1. The summed E-state index contributed by atoms with van der Waals surface area (Å²) in [6.07, 6.45) is -0.630. The van der Waals surface area contributed by atoms with Gasteiger partial charge in [-0.2, -0.15) is 0 Å². The average molecular weight is 410 g/mol. The van der Waals surface area contributed by atoms with Crippen molar-refractivity contribution in [2.45, 2.75) is 13.0 Å². The quantitative estimate of drug-likeness (QED) is 0.466. The predicted octanol–water partition coefficient (Wildman–Crippen LogP) is 5.75. The van der Waals surface area contributed by atoms with Gasteiger partial charge in [0, 0.05) is 20.9 Å². The van der Waals surface area contributed by atoms with Gasteiger partial charge in [-0.1, -0.05) is 34.1 Å². The maximum atomic E-state index is 12.4. The molecule has 0 fully saturated rings. The maximum absolute atomic E-state index is 12.4. The van der Waals surface area contributed by atoms with Crippen molar-refractivity contribution in [3.63, 3.8) is 0 Å². The summed E-state index contributed by atoms with van der Waals surface area (Å²) in [4.78, 5) is 12.4. The van der Waals surface area contributed by atoms with Gasteiger partial charge in [-0.15, -0.1) is 0 Å². The van der Waals surface area contributed by atoms with Crippen molar-refractivity contribution in [2.75, 3.05) is 5.32 Å². The van der Waals surface area contributed by atoms with E-state index in [2.05, 4.69) is 21.2 Å². The highest BCUT2D eigenvalue weighted by atomic mass is 79.9. The topological polar surface area (TPSA) is 51.5 Å². The SMILES string of the molecule is C[C@@H](Oc1ccc2oc3ccccc3c2c1)C(=O)Nc1ccc(Br)cc1. The number of ether oxygens (including phenoxy) is 1. The Morgan fingerprint density at radius 3 is 2.54 bits per heavy atom. The fourth-order valence-corrected chi connectivity index (χ4v) is 3.08. The van der Waals surface area contributed by atoms with Gasteiger partial charge in [0.1, 0.15) is 16.9 Å². The Bertz CT molecular complexity index is 1090. The van der Waals surface area contributed by atoms with Gasteiger partial charge in [-0.25, -0.2) is 0 Å². The number of hydrogen-bond donors (Lipinski definition) is 1. The summed E-state index contributed by atoms with van der Waals surface area (Å²) >= 11 is 3.37. The number of carbonyl (C=O) groups excluding carboxylic acids is 1. The van der Waals surface area contributed by atoms with Gasteiger partial charge in [0.15, 0.2) is 6.10 Å². The zero-order valence-electron chi connectivity index (χ0n) is 14.0. The van der Waals surface area contributed by atoms with Gasteiger partial charge in [-0.05, 0) is 55.5 Å². The molecule has 1 atom stereocenters. The normalized spacial score (nSPS) is 12.2. The van der Waals surface area contributed by atoms with Crippen LogP contribution in [0, 0.1) is 0 Å². The van der Waals surface area contributed by atoms with Crippen LogP contribution in [0.15, 0.2) is 75.6 Å². The highest BCUT2D eigenvalue weighted by Gasteiger charge is 2.16. The Hall–Kier alpha value is -2.79. The molecule has 1 heterocycles. The highest BCUT2D eigenvalue weighted by molar-refractivity contribution is 9.10. The van der Waals surface area contributed by atoms with Crippen LogP contribution in [0.5, 0.6) is 5.75 Å². The Labute approximate surface area is 158 Å². The lowest BCUT2D eigenvalue weighted by Gasteiger charge is -2.15. The first-order valence-corrected chi connectivity index (χ1v) is 9.04. The number of hydrogen-bond acceptors (Lipinski definition) is 3. The van der Waals surface area contributed by atoms with Crippen LogP contribution in [0.2, 0.25) is 0 Å². The van der Waals surface area contributed by atoms with E-state index in [1.807, 2.05) is 66.7 Å². The Morgan fingerprint density at radius 1 is 1.00 bits per heavy atom. The van der Waals surface area contributed by atoms with Crippen LogP contribution in [-0.4, -0.2) is 12.0 Å². The molecule has 3 aromatic carbocycles. The van der Waals surface area contributed by atoms with Crippen LogP contribution in [0.1, 0.15) is 6.92 Å². The third-order valence-corrected chi connectivity index (χ3v) is 4.67. The summed E-state index contributed by atoms with van der Waals surface area (Å²) in [5.41, 5.74) is 2.36. The minimum Gasteiger partial charge on any atom is -0.481 e. The van der Waals surface area contributed by atoms with Crippen molar-refractivity contribution in [1.29, 1.82) is 0 Å². The van der Waals surface area contributed by atoms with E-state index in [0.29, 0.717) is 5.75 Å². The Kier molecular flexibility index (Phi) is 4.39. The zero-order valence-corrected chi connectivity index (χ0v) is 15.6. The van der Waals surface area contributed by atoms with Crippen molar-refractivity contribution in [2.24, 2.45) is 0 Å². The fourth-order valence-electron chi connectivity index (χ4n) is 2.81. The maximum Gasteiger partial charge on any atom is 0.265 e. The van der Waals surface area contributed by atoms with Crippen molar-refractivity contribution < 1.29 is 13.9 Å². The molecule has 0 saturated heterocycles. The van der Waals surface area contributed by atoms with Gasteiger partial charge in [0.25, 0.3) is 5.91 Å². The lowest BCUT2D eigenvalue weighted by molar-refractivity contribution is -0.122. The fraction of sp³-hybridized carbons (Fsp3) is 0.0952. The first-order valence-electron chi connectivity index (χ1n) is 8.24. The molecule has 0 aliphatic carbocycles. The molecular weight excluding hydrogens is 394 g/mol. The number of nitrogens with one attached hydrogen (secondary N) is 1. The van der Waals surface area contributed by atoms with Crippen molar-refractivity contribution >= 4 is 49.5 Å². The molecule has 26 heavy (non-hydrogen) atoms. The highest BCUT2D eigenvalue weighted by Crippen LogP contribution is 2.31. The minimum absolute atomic E-state index is 0.204. The molecule has 0 aliphatic heterocycles. The summed E-state index contributed by atoms with van der Waals surface area (Å²) in [7, 11) is 0. The number of amides is 1. The van der Waals surface area contributed by atoms with Crippen LogP contribution in [-0.2, 0) is 4.79 Å². The Morgan fingerprint density at radius 2 is 1.73 bits per heavy atom. The zero-order chi connectivity index (χ0) is 18.1. The predicted molar refractivity (Wildman–Crippen MR) is 107 cm³/mol. The van der Waals surface area contributed by atoms with Crippen LogP contribution in [0.25, 0.3) is 21.9 Å². The van der Waals surface area contributed by atoms with E-state index in [9.17, 15) is 4.79 Å². The number of benzene rings is 3. The number of halogens is 1. The van der Waals surface area contributed by atoms with Crippen LogP contribution < -0.4 is 10.1 Å². The molecule has 0 spiro atoms. The van der Waals surface area contributed by atoms with E-state index in [1.165, 1.54) is 0 Å². The third kappa shape index (κ3) is 3.30. The van der Waals surface area contributed by atoms with Gasteiger partial charge in [0.05, 0.1) is 0 Å². The van der Waals surface area contributed by atoms with Crippen LogP contribution in [0.4, 0.5) is 5.69 Å². The molecule has 1 amide bonds. The molecule has 0 aliphatic rings. The van der Waals surface area contributed by atoms with E-state index >= 15 is 0 Å². The standard InChI is InChI=1S/C21H16BrNO3/c1-13(21(24)23-15-8-6-14(22)7-9-15)25-16-10-11-20-18(12-16)17-4-2-3-5-19(17)26-20/h2-13H,1H3,(H,23,24)/t13-/m1/s1. The van der Waals surface area contributed by atoms with Gasteiger partial charge >= 0.3 is 0 Å². The lowest BCUT2D eigenvalue weighted by atomic mass is 10.1. The van der Waals surface area contributed by atoms with Gasteiger partial charge < -0.3 is 14.5 Å². The second kappa shape index (κ2) is 6.84. The van der Waals surface area contributed by atoms with Crippen molar-refractivity contribution in [3.05, 3.63) is 71.2 Å². The van der Waals surface area contributed by atoms with E-state index < -0.39 is 6.10 Å². The van der Waals surface area contributed by atoms with E-state index in [1.54, 1.807) is 6.92 Å². The molecule has 5 heteroatoms. The minimum atomic E-state index is -0.630. The first kappa shape index (κ1) is 16.7. The van der Waals surface area contributed by atoms with Crippen molar-refractivity contribution in [1.82, 2.24) is 0 Å². The third-order valence-electron chi connectivity index (χ3n) is 4.14. The molecule has 1 N–H and O–H groups in total. The number of rotatable bonds is 4. The molecule has 0 radical (unpaired) electrons. The second-order valence-corrected chi connectivity index (χ2v) is 6.93. The van der Waals surface area contributed by atoms with Gasteiger partial charge in [0.2, 0.25) is 0 Å². The molecule has 0 bridgehead atoms. The number of anilines is 1. The average Bonchev–Trinajstić information content (AvgIpc) is 3.01. The smallest absolute Gasteiger partial charge is 0.265 e. The largest absolute Gasteiger partial charge is 0.481 e. The van der Waals surface area contributed by atoms with E-state index in [0.717, 1.165) is 32.1 Å². The number of carbonyl (C=O) groups is 1. The molecule has 4 nitrogen and oxygen atoms in total. The summed E-state index contributed by atoms with van der Waals surface area (Å²) in [5, 5.41) is 4.85. The summed E-state index contributed by atoms with van der Waals surface area (Å²) in [6.45, 7) is 1.73. The number of fused-ring (bicyclic) bond motifs is 3. The number of furan rings is 1. The Balaban J connectivity index is 1.53. The van der Waals surface area contributed by atoms with Crippen molar-refractivity contribution in [3.8, 4) is 5.75 Å².